The second kappa shape index (κ2) is 6.15. The first-order valence-corrected chi connectivity index (χ1v) is 9.13. The van der Waals surface area contributed by atoms with Crippen molar-refractivity contribution in [3.63, 3.8) is 0 Å². The first-order chi connectivity index (χ1) is 14.5. The number of hydrogen-bond donors (Lipinski definition) is 0. The smallest absolute Gasteiger partial charge is 0.0635 e. The summed E-state index contributed by atoms with van der Waals surface area (Å²) < 4.78 is 35.4. The highest BCUT2D eigenvalue weighted by Gasteiger charge is 2.11. The van der Waals surface area contributed by atoms with Crippen LogP contribution in [0.4, 0.5) is 0 Å². The summed E-state index contributed by atoms with van der Waals surface area (Å²) in [6.07, 6.45) is 0. The molecule has 0 spiro atoms. The molecule has 5 rings (SSSR count). The van der Waals surface area contributed by atoms with E-state index in [1.165, 1.54) is 0 Å². The Hall–Kier alpha value is -2.84. The summed E-state index contributed by atoms with van der Waals surface area (Å²) in [5.41, 5.74) is 4.01. The molecule has 1 heterocycles. The van der Waals surface area contributed by atoms with E-state index in [0.29, 0.717) is 11.1 Å². The molecule has 5 aromatic rings. The molecule has 2 heteroatoms. The summed E-state index contributed by atoms with van der Waals surface area (Å²) in [6, 6.07) is 23.8. The summed E-state index contributed by atoms with van der Waals surface area (Å²) in [6.45, 7) is 0. The quantitative estimate of drug-likeness (QED) is 0.294. The number of rotatable bonds is 2. The van der Waals surface area contributed by atoms with Gasteiger partial charge in [-0.05, 0) is 47.5 Å². The minimum atomic E-state index is -0.0757. The number of fused-ring (bicyclic) bond motifs is 3. The Morgan fingerprint density at radius 1 is 0.654 bits per heavy atom. The Morgan fingerprint density at radius 3 is 1.92 bits per heavy atom. The number of halogens is 1. The van der Waals surface area contributed by atoms with E-state index in [1.54, 1.807) is 0 Å². The molecule has 0 aliphatic heterocycles. The number of benzene rings is 4. The van der Waals surface area contributed by atoms with Crippen molar-refractivity contribution in [2.24, 2.45) is 0 Å². The van der Waals surface area contributed by atoms with Crippen LogP contribution in [-0.4, -0.2) is 4.57 Å². The number of hydrogen-bond acceptors (Lipinski definition) is 0. The van der Waals surface area contributed by atoms with Gasteiger partial charge in [0.1, 0.15) is 0 Å². The van der Waals surface area contributed by atoms with Gasteiger partial charge in [0, 0.05) is 20.9 Å². The Balaban J connectivity index is 1.81. The highest BCUT2D eigenvalue weighted by atomic mass is 79.9. The molecule has 0 bridgehead atoms. The summed E-state index contributed by atoms with van der Waals surface area (Å²) in [7, 11) is 0. The van der Waals surface area contributed by atoms with Crippen molar-refractivity contribution in [3.05, 3.63) is 101 Å². The molecule has 0 radical (unpaired) electrons. The molecule has 0 amide bonds. The van der Waals surface area contributed by atoms with Crippen LogP contribution >= 0.6 is 15.9 Å². The molecule has 0 unspecified atom stereocenters. The Kier molecular flexibility index (Phi) is 2.77. The second-order valence-corrected chi connectivity index (χ2v) is 6.90. The van der Waals surface area contributed by atoms with Crippen LogP contribution in [0.1, 0.15) is 5.48 Å². The Bertz CT molecular complexity index is 1370. The Morgan fingerprint density at radius 2 is 1.27 bits per heavy atom. The normalized spacial score (nSPS) is 13.4. The lowest BCUT2D eigenvalue weighted by atomic mass is 10.1. The van der Waals surface area contributed by atoms with Crippen LogP contribution in [0.2, 0.25) is 0 Å². The lowest BCUT2D eigenvalue weighted by Gasteiger charge is -2.10. The van der Waals surface area contributed by atoms with Gasteiger partial charge >= 0.3 is 0 Å². The van der Waals surface area contributed by atoms with Crippen LogP contribution in [0.3, 0.4) is 0 Å². The molecule has 1 aromatic heterocycles. The van der Waals surface area contributed by atoms with E-state index in [9.17, 15) is 0 Å². The molecule has 0 aliphatic rings. The van der Waals surface area contributed by atoms with Crippen molar-refractivity contribution >= 4 is 37.7 Å². The second-order valence-electron chi connectivity index (χ2n) is 6.11. The van der Waals surface area contributed by atoms with Crippen molar-refractivity contribution in [1.82, 2.24) is 4.57 Å². The molecular formula is C24H16BrN. The fourth-order valence-electron chi connectivity index (χ4n) is 3.44. The predicted molar refractivity (Wildman–Crippen MR) is 114 cm³/mol. The van der Waals surface area contributed by atoms with Crippen LogP contribution in [0, 0.1) is 0 Å². The molecule has 1 nitrogen and oxygen atoms in total. The summed E-state index contributed by atoms with van der Waals surface area (Å²) in [5, 5.41) is 2.32. The standard InChI is InChI=1S/C24H16BrN/c25-19-14-12-17(13-15-19)18-6-5-7-20(16-18)26-23-10-3-1-8-21(23)22-9-2-4-11-24(22)26/h1-16H/i12D,13D,14D,15D. The van der Waals surface area contributed by atoms with Gasteiger partial charge < -0.3 is 4.57 Å². The average Bonchev–Trinajstić information content (AvgIpc) is 3.11. The van der Waals surface area contributed by atoms with Crippen molar-refractivity contribution in [2.45, 2.75) is 0 Å². The summed E-state index contributed by atoms with van der Waals surface area (Å²) in [4.78, 5) is 0. The third kappa shape index (κ3) is 2.46. The van der Waals surface area contributed by atoms with Crippen LogP contribution in [0.25, 0.3) is 38.6 Å². The molecule has 4 aromatic carbocycles. The maximum absolute atomic E-state index is 8.39. The molecule has 0 saturated heterocycles. The van der Waals surface area contributed by atoms with Crippen LogP contribution < -0.4 is 0 Å². The summed E-state index contributed by atoms with van der Waals surface area (Å²) in [5.74, 6) is 0. The highest BCUT2D eigenvalue weighted by Crippen LogP contribution is 2.33. The lowest BCUT2D eigenvalue weighted by Crippen LogP contribution is -1.94. The average molecular weight is 402 g/mol. The molecule has 26 heavy (non-hydrogen) atoms. The fourth-order valence-corrected chi connectivity index (χ4v) is 3.64. The van der Waals surface area contributed by atoms with Gasteiger partial charge in [-0.2, -0.15) is 0 Å². The SMILES string of the molecule is [2H]c1c([2H])c(-c2cccc(-n3c4ccccc4c4ccccc43)c2)c([2H])c([2H])c1Br. The molecule has 0 fully saturated rings. The molecule has 0 N–H and O–H groups in total. The van der Waals surface area contributed by atoms with Crippen LogP contribution in [0.15, 0.2) is 101 Å². The van der Waals surface area contributed by atoms with Gasteiger partial charge in [0.05, 0.1) is 16.5 Å². The van der Waals surface area contributed by atoms with E-state index in [2.05, 4.69) is 44.8 Å². The Labute approximate surface area is 166 Å². The zero-order valence-corrected chi connectivity index (χ0v) is 15.3. The zero-order valence-electron chi connectivity index (χ0n) is 17.8. The van der Waals surface area contributed by atoms with E-state index in [1.807, 2.05) is 48.5 Å². The third-order valence-corrected chi connectivity index (χ3v) is 4.96. The van der Waals surface area contributed by atoms with E-state index >= 15 is 0 Å². The van der Waals surface area contributed by atoms with Crippen molar-refractivity contribution in [1.29, 1.82) is 0 Å². The van der Waals surface area contributed by atoms with Gasteiger partial charge in [-0.3, -0.25) is 0 Å². The van der Waals surface area contributed by atoms with Gasteiger partial charge in [-0.25, -0.2) is 0 Å². The maximum Gasteiger partial charge on any atom is 0.0635 e. The molecule has 124 valence electrons. The molecule has 0 aliphatic carbocycles. The first kappa shape index (κ1) is 11.7. The predicted octanol–water partition coefficient (Wildman–Crippen LogP) is 7.21. The monoisotopic (exact) mass is 401 g/mol. The number of aromatic nitrogens is 1. The van der Waals surface area contributed by atoms with E-state index in [4.69, 9.17) is 5.48 Å². The zero-order chi connectivity index (χ0) is 21.0. The minimum absolute atomic E-state index is 0.0535. The van der Waals surface area contributed by atoms with Crippen LogP contribution in [-0.2, 0) is 0 Å². The fraction of sp³-hybridized carbons (Fsp3) is 0. The number of nitrogens with zero attached hydrogens (tertiary/aromatic N) is 1. The van der Waals surface area contributed by atoms with Gasteiger partial charge in [0.25, 0.3) is 0 Å². The molecular weight excluding hydrogens is 382 g/mol. The van der Waals surface area contributed by atoms with E-state index in [0.717, 1.165) is 27.5 Å². The largest absolute Gasteiger partial charge is 0.309 e. The molecule has 0 atom stereocenters. The highest BCUT2D eigenvalue weighted by molar-refractivity contribution is 9.10. The first-order valence-electron chi connectivity index (χ1n) is 10.3. The maximum atomic E-state index is 8.39. The summed E-state index contributed by atoms with van der Waals surface area (Å²) >= 11 is 3.17. The minimum Gasteiger partial charge on any atom is -0.309 e. The van der Waals surface area contributed by atoms with Crippen molar-refractivity contribution < 1.29 is 5.48 Å². The van der Waals surface area contributed by atoms with E-state index in [-0.39, 0.29) is 28.6 Å². The topological polar surface area (TPSA) is 4.93 Å². The van der Waals surface area contributed by atoms with Gasteiger partial charge in [0.15, 0.2) is 0 Å². The lowest BCUT2D eigenvalue weighted by molar-refractivity contribution is 1.18. The third-order valence-electron chi connectivity index (χ3n) is 4.57. The van der Waals surface area contributed by atoms with Gasteiger partial charge in [-0.1, -0.05) is 76.5 Å². The van der Waals surface area contributed by atoms with Crippen molar-refractivity contribution in [2.75, 3.05) is 0 Å². The van der Waals surface area contributed by atoms with Crippen LogP contribution in [0.5, 0.6) is 0 Å². The molecule has 0 saturated carbocycles. The van der Waals surface area contributed by atoms with Crippen molar-refractivity contribution in [3.8, 4) is 16.8 Å². The van der Waals surface area contributed by atoms with Gasteiger partial charge in [0.2, 0.25) is 0 Å². The number of para-hydroxylation sites is 2. The van der Waals surface area contributed by atoms with Gasteiger partial charge in [-0.15, -0.1) is 0 Å². The van der Waals surface area contributed by atoms with E-state index < -0.39 is 0 Å².